The number of ether oxygens (including phenoxy) is 2. The zero-order chi connectivity index (χ0) is 23.4. The molecule has 1 amide bonds. The Balaban J connectivity index is 1.37. The first kappa shape index (κ1) is 22.4. The van der Waals surface area contributed by atoms with Crippen molar-refractivity contribution in [3.63, 3.8) is 0 Å². The van der Waals surface area contributed by atoms with Crippen LogP contribution in [-0.4, -0.2) is 35.3 Å². The molecule has 0 aliphatic rings. The summed E-state index contributed by atoms with van der Waals surface area (Å²) < 4.78 is 29.4. The van der Waals surface area contributed by atoms with Crippen LogP contribution in [0.5, 0.6) is 11.5 Å². The molecule has 0 saturated carbocycles. The topological polar surface area (TPSA) is 99.4 Å². The van der Waals surface area contributed by atoms with E-state index in [1.807, 2.05) is 11.4 Å². The van der Waals surface area contributed by atoms with Crippen molar-refractivity contribution in [2.45, 2.75) is 19.8 Å². The number of thiazole rings is 1. The average molecular weight is 469 g/mol. The molecule has 2 aromatic carbocycles. The normalized spacial score (nSPS) is 10.8. The number of halogens is 1. The molecule has 0 radical (unpaired) electrons. The minimum Gasteiger partial charge on any atom is -0.497 e. The standard InChI is InChI=1S/C23H21FN4O4S/c1-13-10-14(4-6-17(13)24)22-27-21(32-28-22)9-8-20(29)26-23-25-18(12-33-23)16-11-15(30-2)5-7-19(16)31-3/h4-7,10-12H,8-9H2,1-3H3,(H,25,26,29). The lowest BCUT2D eigenvalue weighted by atomic mass is 10.1. The molecular weight excluding hydrogens is 447 g/mol. The van der Waals surface area contributed by atoms with Gasteiger partial charge in [0.25, 0.3) is 0 Å². The van der Waals surface area contributed by atoms with Gasteiger partial charge in [0.2, 0.25) is 17.6 Å². The van der Waals surface area contributed by atoms with Crippen molar-refractivity contribution < 1.29 is 23.2 Å². The summed E-state index contributed by atoms with van der Waals surface area (Å²) in [6.45, 7) is 1.67. The molecule has 0 spiro atoms. The quantitative estimate of drug-likeness (QED) is 0.393. The molecule has 0 bridgehead atoms. The fourth-order valence-electron chi connectivity index (χ4n) is 3.13. The first-order valence-corrected chi connectivity index (χ1v) is 10.9. The SMILES string of the molecule is COc1ccc(OC)c(-c2csc(NC(=O)CCc3nc(-c4ccc(F)c(C)c4)no3)n2)c1. The van der Waals surface area contributed by atoms with Crippen molar-refractivity contribution in [2.24, 2.45) is 0 Å². The van der Waals surface area contributed by atoms with Crippen LogP contribution in [0.15, 0.2) is 46.3 Å². The average Bonchev–Trinajstić information content (AvgIpc) is 3.49. The molecule has 8 nitrogen and oxygen atoms in total. The molecule has 4 rings (SSSR count). The van der Waals surface area contributed by atoms with Gasteiger partial charge >= 0.3 is 0 Å². The molecule has 2 aromatic heterocycles. The molecule has 0 aliphatic carbocycles. The van der Waals surface area contributed by atoms with Gasteiger partial charge in [0.1, 0.15) is 17.3 Å². The van der Waals surface area contributed by atoms with Gasteiger partial charge in [-0.25, -0.2) is 9.37 Å². The summed E-state index contributed by atoms with van der Waals surface area (Å²) in [5, 5.41) is 9.00. The zero-order valence-electron chi connectivity index (χ0n) is 18.2. The zero-order valence-corrected chi connectivity index (χ0v) is 19.0. The highest BCUT2D eigenvalue weighted by molar-refractivity contribution is 7.14. The highest BCUT2D eigenvalue weighted by Gasteiger charge is 2.15. The second-order valence-corrected chi connectivity index (χ2v) is 7.99. The van der Waals surface area contributed by atoms with Gasteiger partial charge in [-0.2, -0.15) is 4.98 Å². The summed E-state index contributed by atoms with van der Waals surface area (Å²) in [5.41, 5.74) is 2.58. The number of carbonyl (C=O) groups excluding carboxylic acids is 1. The van der Waals surface area contributed by atoms with Gasteiger partial charge in [0, 0.05) is 29.3 Å². The van der Waals surface area contributed by atoms with Gasteiger partial charge in [0.15, 0.2) is 5.13 Å². The summed E-state index contributed by atoms with van der Waals surface area (Å²) in [6, 6.07) is 10.0. The lowest BCUT2D eigenvalue weighted by Crippen LogP contribution is -2.12. The number of benzene rings is 2. The van der Waals surface area contributed by atoms with Crippen LogP contribution in [0.4, 0.5) is 9.52 Å². The fraction of sp³-hybridized carbons (Fsp3) is 0.217. The van der Waals surface area contributed by atoms with Crippen molar-refractivity contribution in [1.29, 1.82) is 0 Å². The number of methoxy groups -OCH3 is 2. The molecule has 0 aliphatic heterocycles. The maximum Gasteiger partial charge on any atom is 0.227 e. The monoisotopic (exact) mass is 468 g/mol. The van der Waals surface area contributed by atoms with Gasteiger partial charge in [-0.1, -0.05) is 5.16 Å². The van der Waals surface area contributed by atoms with Gasteiger partial charge in [0.05, 0.1) is 19.9 Å². The molecule has 1 N–H and O–H groups in total. The Bertz CT molecular complexity index is 1290. The maximum atomic E-state index is 13.5. The van der Waals surface area contributed by atoms with Crippen LogP contribution < -0.4 is 14.8 Å². The summed E-state index contributed by atoms with van der Waals surface area (Å²) >= 11 is 1.31. The van der Waals surface area contributed by atoms with Gasteiger partial charge < -0.3 is 19.3 Å². The summed E-state index contributed by atoms with van der Waals surface area (Å²) in [5.74, 6) is 1.48. The molecule has 2 heterocycles. The van der Waals surface area contributed by atoms with Crippen molar-refractivity contribution >= 4 is 22.4 Å². The number of amides is 1. The third-order valence-electron chi connectivity index (χ3n) is 4.88. The van der Waals surface area contributed by atoms with Crippen LogP contribution >= 0.6 is 11.3 Å². The predicted octanol–water partition coefficient (Wildman–Crippen LogP) is 4.90. The number of hydrogen-bond acceptors (Lipinski definition) is 8. The lowest BCUT2D eigenvalue weighted by Gasteiger charge is -2.08. The van der Waals surface area contributed by atoms with Crippen LogP contribution in [0.1, 0.15) is 17.9 Å². The number of aryl methyl sites for hydroxylation is 2. The molecule has 10 heteroatoms. The van der Waals surface area contributed by atoms with E-state index >= 15 is 0 Å². The minimum atomic E-state index is -0.297. The molecular formula is C23H21FN4O4S. The van der Waals surface area contributed by atoms with Crippen molar-refractivity contribution in [2.75, 3.05) is 19.5 Å². The van der Waals surface area contributed by atoms with Crippen molar-refractivity contribution in [3.05, 3.63) is 59.0 Å². The van der Waals surface area contributed by atoms with E-state index in [1.54, 1.807) is 45.4 Å². The van der Waals surface area contributed by atoms with E-state index in [0.717, 1.165) is 5.56 Å². The molecule has 33 heavy (non-hydrogen) atoms. The Labute approximate surface area is 193 Å². The van der Waals surface area contributed by atoms with E-state index in [9.17, 15) is 9.18 Å². The highest BCUT2D eigenvalue weighted by Crippen LogP contribution is 2.35. The Morgan fingerprint density at radius 2 is 2.00 bits per heavy atom. The first-order valence-electron chi connectivity index (χ1n) is 10.0. The van der Waals surface area contributed by atoms with E-state index in [4.69, 9.17) is 14.0 Å². The van der Waals surface area contributed by atoms with Gasteiger partial charge in [-0.15, -0.1) is 11.3 Å². The lowest BCUT2D eigenvalue weighted by molar-refractivity contribution is -0.116. The van der Waals surface area contributed by atoms with Gasteiger partial charge in [-0.05, 0) is 48.9 Å². The smallest absolute Gasteiger partial charge is 0.227 e. The van der Waals surface area contributed by atoms with Gasteiger partial charge in [-0.3, -0.25) is 4.79 Å². The highest BCUT2D eigenvalue weighted by atomic mass is 32.1. The third kappa shape index (κ3) is 5.17. The number of nitrogens with one attached hydrogen (secondary N) is 1. The number of anilines is 1. The number of nitrogens with zero attached hydrogens (tertiary/aromatic N) is 3. The van der Waals surface area contributed by atoms with E-state index < -0.39 is 0 Å². The van der Waals surface area contributed by atoms with E-state index in [2.05, 4.69) is 20.4 Å². The molecule has 0 unspecified atom stereocenters. The molecule has 0 fully saturated rings. The molecule has 0 saturated heterocycles. The maximum absolute atomic E-state index is 13.5. The minimum absolute atomic E-state index is 0.140. The Kier molecular flexibility index (Phi) is 6.64. The molecule has 4 aromatic rings. The predicted molar refractivity (Wildman–Crippen MR) is 122 cm³/mol. The molecule has 170 valence electrons. The van der Waals surface area contributed by atoms with E-state index in [0.29, 0.717) is 45.2 Å². The van der Waals surface area contributed by atoms with Crippen LogP contribution in [0.2, 0.25) is 0 Å². The van der Waals surface area contributed by atoms with Crippen molar-refractivity contribution in [1.82, 2.24) is 15.1 Å². The second-order valence-electron chi connectivity index (χ2n) is 7.13. The van der Waals surface area contributed by atoms with Crippen LogP contribution in [0.3, 0.4) is 0 Å². The number of hydrogen-bond donors (Lipinski definition) is 1. The Hall–Kier alpha value is -3.79. The van der Waals surface area contributed by atoms with E-state index in [-0.39, 0.29) is 24.6 Å². The largest absolute Gasteiger partial charge is 0.497 e. The Morgan fingerprint density at radius 3 is 2.76 bits per heavy atom. The first-order chi connectivity index (χ1) is 16.0. The number of rotatable bonds is 8. The fourth-order valence-corrected chi connectivity index (χ4v) is 3.86. The van der Waals surface area contributed by atoms with Crippen LogP contribution in [-0.2, 0) is 11.2 Å². The van der Waals surface area contributed by atoms with Crippen LogP contribution in [0.25, 0.3) is 22.6 Å². The number of carbonyl (C=O) groups is 1. The number of aromatic nitrogens is 3. The Morgan fingerprint density at radius 1 is 1.15 bits per heavy atom. The van der Waals surface area contributed by atoms with E-state index in [1.165, 1.54) is 17.4 Å². The third-order valence-corrected chi connectivity index (χ3v) is 5.64. The second kappa shape index (κ2) is 9.78. The van der Waals surface area contributed by atoms with Crippen molar-refractivity contribution in [3.8, 4) is 34.1 Å². The van der Waals surface area contributed by atoms with Crippen LogP contribution in [0, 0.1) is 12.7 Å². The molecule has 0 atom stereocenters. The summed E-state index contributed by atoms with van der Waals surface area (Å²) in [6.07, 6.45) is 0.405. The summed E-state index contributed by atoms with van der Waals surface area (Å²) in [4.78, 5) is 21.2. The summed E-state index contributed by atoms with van der Waals surface area (Å²) in [7, 11) is 3.17.